The number of rotatable bonds is 4. The fraction of sp³-hybridized carbons (Fsp3) is 0.286. The Morgan fingerprint density at radius 1 is 1.40 bits per heavy atom. The first kappa shape index (κ1) is 14.6. The Morgan fingerprint density at radius 2 is 2.15 bits per heavy atom. The molecule has 1 aromatic heterocycles. The minimum Gasteiger partial charge on any atom is -0.508 e. The van der Waals surface area contributed by atoms with Crippen LogP contribution in [-0.4, -0.2) is 16.2 Å². The van der Waals surface area contributed by atoms with E-state index in [-0.39, 0.29) is 11.7 Å². The number of aromatic hydroxyl groups is 1. The van der Waals surface area contributed by atoms with Crippen molar-refractivity contribution in [1.82, 2.24) is 5.16 Å². The van der Waals surface area contributed by atoms with Gasteiger partial charge in [-0.15, -0.1) is 0 Å². The summed E-state index contributed by atoms with van der Waals surface area (Å²) in [7, 11) is 0. The number of aromatic nitrogens is 1. The number of carbonyl (C=O) groups excluding carboxylic acids is 1. The Balaban J connectivity index is 1.96. The van der Waals surface area contributed by atoms with Crippen LogP contribution in [-0.2, 0) is 11.2 Å². The van der Waals surface area contributed by atoms with Crippen LogP contribution in [0.25, 0.3) is 0 Å². The summed E-state index contributed by atoms with van der Waals surface area (Å²) in [5.74, 6) is 0.721. The van der Waals surface area contributed by atoms with Crippen molar-refractivity contribution < 1.29 is 14.4 Å². The summed E-state index contributed by atoms with van der Waals surface area (Å²) in [6.45, 7) is 3.69. The molecule has 0 saturated heterocycles. The molecule has 1 amide bonds. The molecule has 1 aromatic carbocycles. The fourth-order valence-electron chi connectivity index (χ4n) is 1.97. The average molecular weight is 339 g/mol. The van der Waals surface area contributed by atoms with E-state index in [4.69, 9.17) is 4.52 Å². The second-order valence-electron chi connectivity index (χ2n) is 4.55. The molecule has 2 N–H and O–H groups in total. The molecule has 6 heteroatoms. The van der Waals surface area contributed by atoms with Crippen LogP contribution >= 0.6 is 15.9 Å². The van der Waals surface area contributed by atoms with Gasteiger partial charge in [0.2, 0.25) is 5.91 Å². The largest absolute Gasteiger partial charge is 0.508 e. The molecule has 0 radical (unpaired) electrons. The van der Waals surface area contributed by atoms with E-state index >= 15 is 0 Å². The number of phenols is 1. The number of hydrogen-bond donors (Lipinski definition) is 2. The summed E-state index contributed by atoms with van der Waals surface area (Å²) in [6.07, 6.45) is 0.906. The maximum atomic E-state index is 11.9. The van der Waals surface area contributed by atoms with Gasteiger partial charge in [0, 0.05) is 28.2 Å². The zero-order chi connectivity index (χ0) is 14.7. The second-order valence-corrected chi connectivity index (χ2v) is 5.46. The molecule has 0 aliphatic rings. The number of amides is 1. The van der Waals surface area contributed by atoms with Gasteiger partial charge in [0.1, 0.15) is 11.5 Å². The van der Waals surface area contributed by atoms with Gasteiger partial charge in [0.15, 0.2) is 0 Å². The Kier molecular flexibility index (Phi) is 4.44. The van der Waals surface area contributed by atoms with Crippen LogP contribution in [0.4, 0.5) is 5.69 Å². The van der Waals surface area contributed by atoms with E-state index in [1.54, 1.807) is 12.1 Å². The van der Waals surface area contributed by atoms with E-state index in [0.717, 1.165) is 17.0 Å². The van der Waals surface area contributed by atoms with Crippen LogP contribution in [0.2, 0.25) is 0 Å². The lowest BCUT2D eigenvalue weighted by Crippen LogP contribution is -2.12. The molecule has 1 heterocycles. The van der Waals surface area contributed by atoms with Crippen molar-refractivity contribution >= 4 is 27.5 Å². The smallest absolute Gasteiger partial charge is 0.224 e. The van der Waals surface area contributed by atoms with Gasteiger partial charge in [0.05, 0.1) is 5.69 Å². The van der Waals surface area contributed by atoms with Crippen molar-refractivity contribution in [1.29, 1.82) is 0 Å². The number of halogens is 1. The molecule has 0 aliphatic heterocycles. The molecule has 5 nitrogen and oxygen atoms in total. The zero-order valence-corrected chi connectivity index (χ0v) is 12.8. The zero-order valence-electron chi connectivity index (χ0n) is 11.2. The highest BCUT2D eigenvalue weighted by Gasteiger charge is 2.11. The molecule has 2 aromatic rings. The average Bonchev–Trinajstić information content (AvgIpc) is 2.65. The van der Waals surface area contributed by atoms with Gasteiger partial charge < -0.3 is 14.9 Å². The predicted molar refractivity (Wildman–Crippen MR) is 78.7 cm³/mol. The summed E-state index contributed by atoms with van der Waals surface area (Å²) in [6, 6.07) is 4.78. The monoisotopic (exact) mass is 338 g/mol. The summed E-state index contributed by atoms with van der Waals surface area (Å²) in [5.41, 5.74) is 2.34. The number of phenolic OH excluding ortho intramolecular Hbond substituents is 1. The van der Waals surface area contributed by atoms with Gasteiger partial charge in [-0.1, -0.05) is 21.1 Å². The minimum atomic E-state index is -0.123. The first-order chi connectivity index (χ1) is 9.45. The van der Waals surface area contributed by atoms with Gasteiger partial charge in [-0.2, -0.15) is 0 Å². The summed E-state index contributed by atoms with van der Waals surface area (Å²) in [5, 5.41) is 16.1. The van der Waals surface area contributed by atoms with Gasteiger partial charge in [-0.05, 0) is 32.4 Å². The second kappa shape index (κ2) is 6.09. The predicted octanol–water partition coefficient (Wildman–Crippen LogP) is 3.33. The van der Waals surface area contributed by atoms with Crippen LogP contribution < -0.4 is 5.32 Å². The molecule has 0 saturated carbocycles. The van der Waals surface area contributed by atoms with Crippen molar-refractivity contribution in [2.75, 3.05) is 5.32 Å². The molecule has 2 rings (SSSR count). The first-order valence-electron chi connectivity index (χ1n) is 6.17. The van der Waals surface area contributed by atoms with Gasteiger partial charge >= 0.3 is 0 Å². The van der Waals surface area contributed by atoms with E-state index < -0.39 is 0 Å². The molecule has 20 heavy (non-hydrogen) atoms. The maximum absolute atomic E-state index is 11.9. The third-order valence-electron chi connectivity index (χ3n) is 2.95. The molecule has 0 fully saturated rings. The molecule has 106 valence electrons. The maximum Gasteiger partial charge on any atom is 0.224 e. The van der Waals surface area contributed by atoms with Crippen LogP contribution in [0.1, 0.15) is 23.4 Å². The number of hydrogen-bond acceptors (Lipinski definition) is 4. The molecular weight excluding hydrogens is 324 g/mol. The Bertz CT molecular complexity index is 598. The SMILES string of the molecule is Cc1noc(C)c1CCC(=O)Nc1cc(O)cc(Br)c1. The van der Waals surface area contributed by atoms with Crippen LogP contribution in [0, 0.1) is 13.8 Å². The first-order valence-corrected chi connectivity index (χ1v) is 6.96. The molecule has 0 unspecified atom stereocenters. The van der Waals surface area contributed by atoms with Crippen molar-refractivity contribution in [2.24, 2.45) is 0 Å². The third kappa shape index (κ3) is 3.60. The molecule has 0 aliphatic carbocycles. The van der Waals surface area contributed by atoms with E-state index in [9.17, 15) is 9.90 Å². The molecule has 0 spiro atoms. The highest BCUT2D eigenvalue weighted by molar-refractivity contribution is 9.10. The fourth-order valence-corrected chi connectivity index (χ4v) is 2.45. The number of carbonyl (C=O) groups is 1. The van der Waals surface area contributed by atoms with Crippen LogP contribution in [0.15, 0.2) is 27.2 Å². The lowest BCUT2D eigenvalue weighted by Gasteiger charge is -2.06. The summed E-state index contributed by atoms with van der Waals surface area (Å²) < 4.78 is 5.76. The Labute approximate surface area is 125 Å². The van der Waals surface area contributed by atoms with E-state index in [1.165, 1.54) is 6.07 Å². The van der Waals surface area contributed by atoms with Crippen molar-refractivity contribution in [3.05, 3.63) is 39.7 Å². The quantitative estimate of drug-likeness (QED) is 0.896. The van der Waals surface area contributed by atoms with Gasteiger partial charge in [-0.3, -0.25) is 4.79 Å². The van der Waals surface area contributed by atoms with Gasteiger partial charge in [-0.25, -0.2) is 0 Å². The minimum absolute atomic E-state index is 0.0976. The van der Waals surface area contributed by atoms with Crippen molar-refractivity contribution in [2.45, 2.75) is 26.7 Å². The van der Waals surface area contributed by atoms with Crippen LogP contribution in [0.3, 0.4) is 0 Å². The Hall–Kier alpha value is -1.82. The lowest BCUT2D eigenvalue weighted by atomic mass is 10.1. The summed E-state index contributed by atoms with van der Waals surface area (Å²) >= 11 is 3.26. The highest BCUT2D eigenvalue weighted by atomic mass is 79.9. The molecule has 0 bridgehead atoms. The number of benzene rings is 1. The number of nitrogens with zero attached hydrogens (tertiary/aromatic N) is 1. The standard InChI is InChI=1S/C14H15BrN2O3/c1-8-13(9(2)20-17-8)3-4-14(19)16-11-5-10(15)6-12(18)7-11/h5-7,18H,3-4H2,1-2H3,(H,16,19). The summed E-state index contributed by atoms with van der Waals surface area (Å²) in [4.78, 5) is 11.9. The normalized spacial score (nSPS) is 10.6. The number of nitrogens with one attached hydrogen (secondary N) is 1. The number of aryl methyl sites for hydroxylation is 2. The molecule has 0 atom stereocenters. The number of anilines is 1. The van der Waals surface area contributed by atoms with Crippen molar-refractivity contribution in [3.63, 3.8) is 0 Å². The topological polar surface area (TPSA) is 75.4 Å². The highest BCUT2D eigenvalue weighted by Crippen LogP contribution is 2.24. The van der Waals surface area contributed by atoms with E-state index in [2.05, 4.69) is 26.4 Å². The lowest BCUT2D eigenvalue weighted by molar-refractivity contribution is -0.116. The van der Waals surface area contributed by atoms with Crippen LogP contribution in [0.5, 0.6) is 5.75 Å². The van der Waals surface area contributed by atoms with Gasteiger partial charge in [0.25, 0.3) is 0 Å². The van der Waals surface area contributed by atoms with Crippen molar-refractivity contribution in [3.8, 4) is 5.75 Å². The molecular formula is C14H15BrN2O3. The van der Waals surface area contributed by atoms with E-state index in [1.807, 2.05) is 13.8 Å². The Morgan fingerprint density at radius 3 is 2.75 bits per heavy atom. The van der Waals surface area contributed by atoms with E-state index in [0.29, 0.717) is 23.0 Å². The third-order valence-corrected chi connectivity index (χ3v) is 3.41.